The van der Waals surface area contributed by atoms with E-state index in [4.69, 9.17) is 14.6 Å². The number of carboxylic acids is 2. The molecule has 1 aliphatic heterocycles. The quantitative estimate of drug-likeness (QED) is 0.311. The van der Waals surface area contributed by atoms with Gasteiger partial charge in [-0.1, -0.05) is 20.8 Å². The van der Waals surface area contributed by atoms with Gasteiger partial charge >= 0.3 is 11.9 Å². The molecule has 1 rings (SSSR count). The monoisotopic (exact) mass is 387 g/mol. The lowest BCUT2D eigenvalue weighted by molar-refractivity contribution is -0.153. The molecular weight excluding hydrogens is 358 g/mol. The van der Waals surface area contributed by atoms with Crippen molar-refractivity contribution in [2.24, 2.45) is 11.8 Å². The molecule has 0 spiro atoms. The fourth-order valence-corrected chi connectivity index (χ4v) is 4.32. The van der Waals surface area contributed by atoms with E-state index in [-0.39, 0.29) is 17.4 Å². The van der Waals surface area contributed by atoms with Crippen molar-refractivity contribution in [1.82, 2.24) is 5.32 Å². The normalized spacial score (nSPS) is 22.8. The number of β-lactam (4-membered cyclic amide) rings is 1. The summed E-state index contributed by atoms with van der Waals surface area (Å²) in [6, 6.07) is -0.477. The zero-order valence-corrected chi connectivity index (χ0v) is 17.2. The first-order valence-electron chi connectivity index (χ1n) is 8.64. The Bertz CT molecular complexity index is 596. The maximum atomic E-state index is 12.0. The number of carbonyl (C=O) groups excluding carboxylic acids is 2. The largest absolute Gasteiger partial charge is 0.481 e. The number of hydrogen-bond donors (Lipinski definition) is 3. The minimum atomic E-state index is -2.11. The molecule has 0 bridgehead atoms. The fourth-order valence-electron chi connectivity index (χ4n) is 2.89. The van der Waals surface area contributed by atoms with Crippen molar-refractivity contribution in [3.05, 3.63) is 0 Å². The highest BCUT2D eigenvalue weighted by atomic mass is 28.4. The molecule has 1 heterocycles. The number of ketones is 1. The molecule has 4 atom stereocenters. The van der Waals surface area contributed by atoms with Crippen molar-refractivity contribution in [3.8, 4) is 0 Å². The predicted octanol–water partition coefficient (Wildman–Crippen LogP) is 1.65. The number of nitrogens with one attached hydrogen (secondary N) is 1. The summed E-state index contributed by atoms with van der Waals surface area (Å²) in [5, 5.41) is 20.4. The molecule has 0 saturated carbocycles. The molecule has 1 fully saturated rings. The van der Waals surface area contributed by atoms with E-state index in [1.807, 2.05) is 0 Å². The van der Waals surface area contributed by atoms with Crippen LogP contribution in [0.4, 0.5) is 0 Å². The van der Waals surface area contributed by atoms with Crippen LogP contribution in [0.2, 0.25) is 18.1 Å². The zero-order chi connectivity index (χ0) is 20.4. The van der Waals surface area contributed by atoms with Gasteiger partial charge in [0.25, 0.3) is 0 Å². The van der Waals surface area contributed by atoms with E-state index < -0.39 is 56.4 Å². The Morgan fingerprint density at radius 3 is 2.15 bits per heavy atom. The first-order valence-corrected chi connectivity index (χ1v) is 11.6. The third-order valence-corrected chi connectivity index (χ3v) is 9.97. The van der Waals surface area contributed by atoms with Crippen molar-refractivity contribution in [1.29, 1.82) is 0 Å². The summed E-state index contributed by atoms with van der Waals surface area (Å²) < 4.78 is 6.24. The number of carboxylic acid groups (broad SMARTS) is 2. The fraction of sp³-hybridized carbons (Fsp3) is 0.765. The van der Waals surface area contributed by atoms with Gasteiger partial charge in [0.15, 0.2) is 8.32 Å². The average Bonchev–Trinajstić information content (AvgIpc) is 2.41. The highest BCUT2D eigenvalue weighted by Crippen LogP contribution is 2.39. The van der Waals surface area contributed by atoms with Gasteiger partial charge in [0.05, 0.1) is 18.4 Å². The van der Waals surface area contributed by atoms with E-state index in [0.717, 1.165) is 0 Å². The van der Waals surface area contributed by atoms with E-state index in [2.05, 4.69) is 39.2 Å². The highest BCUT2D eigenvalue weighted by molar-refractivity contribution is 6.74. The number of amides is 1. The molecule has 0 aromatic rings. The van der Waals surface area contributed by atoms with Crippen LogP contribution in [0.3, 0.4) is 0 Å². The van der Waals surface area contributed by atoms with Gasteiger partial charge in [-0.15, -0.1) is 0 Å². The maximum Gasteiger partial charge on any atom is 0.372 e. The van der Waals surface area contributed by atoms with Gasteiger partial charge in [-0.05, 0) is 31.5 Å². The van der Waals surface area contributed by atoms with E-state index in [1.54, 1.807) is 6.92 Å². The Morgan fingerprint density at radius 1 is 1.23 bits per heavy atom. The third kappa shape index (κ3) is 5.13. The van der Waals surface area contributed by atoms with Gasteiger partial charge in [-0.3, -0.25) is 14.4 Å². The Kier molecular flexibility index (Phi) is 6.75. The molecule has 26 heavy (non-hydrogen) atoms. The van der Waals surface area contributed by atoms with Crippen LogP contribution in [0, 0.1) is 11.8 Å². The smallest absolute Gasteiger partial charge is 0.372 e. The van der Waals surface area contributed by atoms with Crippen LogP contribution >= 0.6 is 0 Å². The average molecular weight is 388 g/mol. The molecule has 1 saturated heterocycles. The Hall–Kier alpha value is -1.74. The first-order chi connectivity index (χ1) is 11.7. The lowest BCUT2D eigenvalue weighted by atomic mass is 9.79. The van der Waals surface area contributed by atoms with E-state index in [9.17, 15) is 19.2 Å². The Morgan fingerprint density at radius 2 is 1.77 bits per heavy atom. The van der Waals surface area contributed by atoms with E-state index in [0.29, 0.717) is 0 Å². The lowest BCUT2D eigenvalue weighted by Crippen LogP contribution is -2.64. The zero-order valence-electron chi connectivity index (χ0n) is 16.2. The van der Waals surface area contributed by atoms with Gasteiger partial charge in [0.2, 0.25) is 11.7 Å². The summed E-state index contributed by atoms with van der Waals surface area (Å²) >= 11 is 0. The van der Waals surface area contributed by atoms with Crippen LogP contribution < -0.4 is 5.32 Å². The van der Waals surface area contributed by atoms with Gasteiger partial charge < -0.3 is 20.0 Å². The van der Waals surface area contributed by atoms with Crippen molar-refractivity contribution >= 4 is 31.9 Å². The van der Waals surface area contributed by atoms with Crippen molar-refractivity contribution in [2.75, 3.05) is 0 Å². The molecule has 3 N–H and O–H groups in total. The topological polar surface area (TPSA) is 130 Å². The van der Waals surface area contributed by atoms with Crippen LogP contribution in [-0.2, 0) is 23.6 Å². The third-order valence-electron chi connectivity index (χ3n) is 5.40. The van der Waals surface area contributed by atoms with Gasteiger partial charge in [0, 0.05) is 12.0 Å². The molecule has 0 radical (unpaired) electrons. The maximum absolute atomic E-state index is 12.0. The van der Waals surface area contributed by atoms with Gasteiger partial charge in [-0.2, -0.15) is 0 Å². The minimum absolute atomic E-state index is 0.0287. The summed E-state index contributed by atoms with van der Waals surface area (Å²) in [6.07, 6.45) is -1.01. The standard InChI is InChI=1S/C17H29NO7Si/c1-9(25-26(5,6)17(2,3)4)13-11(18-15(13)22)7-10(8-12(19)20)14(21)16(23)24/h9-11,13H,7-8H2,1-6H3,(H,18,22)(H,19,20)(H,23,24). The van der Waals surface area contributed by atoms with Gasteiger partial charge in [-0.25, -0.2) is 4.79 Å². The summed E-state index contributed by atoms with van der Waals surface area (Å²) in [4.78, 5) is 45.7. The summed E-state index contributed by atoms with van der Waals surface area (Å²) in [5.74, 6) is -6.00. The molecular formula is C17H29NO7Si. The van der Waals surface area contributed by atoms with Crippen LogP contribution in [0.1, 0.15) is 40.5 Å². The van der Waals surface area contributed by atoms with E-state index >= 15 is 0 Å². The summed E-state index contributed by atoms with van der Waals surface area (Å²) in [5.41, 5.74) is 0. The van der Waals surface area contributed by atoms with Crippen LogP contribution in [0.25, 0.3) is 0 Å². The number of hydrogen-bond acceptors (Lipinski definition) is 5. The summed E-state index contributed by atoms with van der Waals surface area (Å²) in [6.45, 7) is 12.2. The van der Waals surface area contributed by atoms with Crippen LogP contribution in [-0.4, -0.2) is 54.3 Å². The Balaban J connectivity index is 2.87. The van der Waals surface area contributed by atoms with Crippen LogP contribution in [0.5, 0.6) is 0 Å². The first kappa shape index (κ1) is 22.3. The molecule has 0 aromatic carbocycles. The Labute approximate surface area is 154 Å². The SMILES string of the molecule is CC(O[Si](C)(C)C(C)(C)C)C1C(=O)NC1CC(CC(=O)O)C(=O)C(=O)O. The van der Waals surface area contributed by atoms with Crippen LogP contribution in [0.15, 0.2) is 0 Å². The van der Waals surface area contributed by atoms with Crippen molar-refractivity contribution in [3.63, 3.8) is 0 Å². The molecule has 1 aliphatic rings. The number of aliphatic carboxylic acids is 2. The number of Topliss-reactive ketones (excluding diaryl/α,β-unsaturated/α-hetero) is 1. The van der Waals surface area contributed by atoms with E-state index in [1.165, 1.54) is 0 Å². The lowest BCUT2D eigenvalue weighted by Gasteiger charge is -2.46. The van der Waals surface area contributed by atoms with Gasteiger partial charge in [0.1, 0.15) is 0 Å². The molecule has 0 aromatic heterocycles. The number of carbonyl (C=O) groups is 4. The second-order valence-corrected chi connectivity index (χ2v) is 13.2. The second-order valence-electron chi connectivity index (χ2n) is 8.42. The molecule has 148 valence electrons. The molecule has 4 unspecified atom stereocenters. The highest BCUT2D eigenvalue weighted by Gasteiger charge is 2.48. The molecule has 9 heteroatoms. The number of rotatable bonds is 9. The molecule has 8 nitrogen and oxygen atoms in total. The molecule has 1 amide bonds. The second kappa shape index (κ2) is 7.87. The van der Waals surface area contributed by atoms with Crippen molar-refractivity contribution < 1.29 is 33.8 Å². The molecule has 0 aliphatic carbocycles. The minimum Gasteiger partial charge on any atom is -0.481 e. The predicted molar refractivity (Wildman–Crippen MR) is 96.2 cm³/mol. The summed E-state index contributed by atoms with van der Waals surface area (Å²) in [7, 11) is -2.11. The van der Waals surface area contributed by atoms with Crippen molar-refractivity contribution in [2.45, 2.75) is 70.8 Å².